The van der Waals surface area contributed by atoms with E-state index in [-0.39, 0.29) is 41.4 Å². The van der Waals surface area contributed by atoms with E-state index in [1.54, 1.807) is 55.7 Å². The van der Waals surface area contributed by atoms with Gasteiger partial charge in [0.25, 0.3) is 11.5 Å². The maximum atomic E-state index is 13.4. The molecule has 6 heterocycles. The Labute approximate surface area is 306 Å². The third kappa shape index (κ3) is 7.31. The minimum Gasteiger partial charge on any atom is -0.394 e. The molecule has 7 atom stereocenters. The Kier molecular flexibility index (Phi) is 10.2. The van der Waals surface area contributed by atoms with Crippen molar-refractivity contribution in [2.45, 2.75) is 64.1 Å². The second-order valence-corrected chi connectivity index (χ2v) is 14.5. The van der Waals surface area contributed by atoms with Gasteiger partial charge < -0.3 is 25.0 Å². The standard InChI is InChI=1S/C32H37N11O10S/c1-15(2)28(46)40-32-39-27-23(30(48)41-32)36-14-43(27)31-24(16(3)20(11-44)52-31)53-54(49,50)37-10-19-18(45)9-21(51-19)42-13-35-22-25(33-12-34-26(22)42)38-29(47)17-7-5-4-6-8-17/h4-8,12-16,18-21,24,31,37,44-45H,9-11H2,1-3H3,(H,33,34,38,47)(H2,39,40,41,46,48)/t16-,18+,19?,20-,21-,24-,31?/m1/s1. The fourth-order valence-electron chi connectivity index (χ4n) is 6.21. The highest BCUT2D eigenvalue weighted by Gasteiger charge is 2.47. The molecule has 4 aromatic heterocycles. The van der Waals surface area contributed by atoms with Crippen LogP contribution in [0.15, 0.2) is 54.1 Å². The van der Waals surface area contributed by atoms with Gasteiger partial charge >= 0.3 is 10.3 Å². The lowest BCUT2D eigenvalue weighted by Gasteiger charge is -2.23. The van der Waals surface area contributed by atoms with E-state index in [2.05, 4.69) is 45.3 Å². The van der Waals surface area contributed by atoms with Crippen LogP contribution in [0, 0.1) is 11.8 Å². The Bertz CT molecular complexity index is 2350. The first-order valence-corrected chi connectivity index (χ1v) is 18.3. The Morgan fingerprint density at radius 2 is 1.76 bits per heavy atom. The van der Waals surface area contributed by atoms with E-state index < -0.39 is 83.0 Å². The number of fused-ring (bicyclic) bond motifs is 2. The number of aliphatic hydroxyl groups is 2. The number of aliphatic hydroxyl groups excluding tert-OH is 2. The first-order valence-electron chi connectivity index (χ1n) is 16.9. The van der Waals surface area contributed by atoms with Gasteiger partial charge in [0, 0.05) is 30.4 Å². The van der Waals surface area contributed by atoms with Crippen molar-refractivity contribution >= 4 is 56.2 Å². The maximum Gasteiger partial charge on any atom is 0.336 e. The molecule has 2 saturated heterocycles. The lowest BCUT2D eigenvalue weighted by atomic mass is 10.0. The molecule has 2 fully saturated rings. The highest BCUT2D eigenvalue weighted by molar-refractivity contribution is 7.84. The molecular weight excluding hydrogens is 730 g/mol. The highest BCUT2D eigenvalue weighted by Crippen LogP contribution is 2.38. The number of aromatic nitrogens is 8. The quantitative estimate of drug-likeness (QED) is 0.0989. The van der Waals surface area contributed by atoms with Crippen molar-refractivity contribution in [3.63, 3.8) is 0 Å². The van der Waals surface area contributed by atoms with Crippen LogP contribution < -0.4 is 20.9 Å². The summed E-state index contributed by atoms with van der Waals surface area (Å²) in [4.78, 5) is 61.5. The highest BCUT2D eigenvalue weighted by atomic mass is 32.2. The SMILES string of the molecule is CC(C)C(=O)Nc1nc2c(ncn2C2O[C@H](CO)[C@@H](C)[C@H]2OS(=O)(=O)NCC2O[C@@H](n3cnc4c(NC(=O)c5ccccc5)ncnc43)C[C@@H]2O)c(=O)[nH]1. The number of carbonyl (C=O) groups is 2. The molecule has 2 unspecified atom stereocenters. The van der Waals surface area contributed by atoms with Crippen molar-refractivity contribution in [3.8, 4) is 0 Å². The van der Waals surface area contributed by atoms with Crippen LogP contribution in [-0.2, 0) is 28.8 Å². The van der Waals surface area contributed by atoms with Crippen LogP contribution in [-0.4, -0.2) is 107 Å². The molecule has 0 radical (unpaired) electrons. The number of nitrogens with one attached hydrogen (secondary N) is 4. The fraction of sp³-hybridized carbons (Fsp3) is 0.438. The summed E-state index contributed by atoms with van der Waals surface area (Å²) in [7, 11) is -4.57. The molecule has 2 aliphatic heterocycles. The van der Waals surface area contributed by atoms with Gasteiger partial charge in [-0.25, -0.2) is 24.1 Å². The summed E-state index contributed by atoms with van der Waals surface area (Å²) in [6.45, 7) is 4.09. The van der Waals surface area contributed by atoms with E-state index in [0.29, 0.717) is 11.2 Å². The average molecular weight is 768 g/mol. The van der Waals surface area contributed by atoms with Crippen LogP contribution in [0.2, 0.25) is 0 Å². The number of amides is 2. The minimum absolute atomic E-state index is 0.0240. The van der Waals surface area contributed by atoms with E-state index in [1.807, 2.05) is 0 Å². The summed E-state index contributed by atoms with van der Waals surface area (Å²) < 4.78 is 49.5. The second kappa shape index (κ2) is 14.9. The number of hydrogen-bond acceptors (Lipinski definition) is 15. The van der Waals surface area contributed by atoms with Gasteiger partial charge in [0.1, 0.15) is 18.7 Å². The smallest absolute Gasteiger partial charge is 0.336 e. The molecule has 7 rings (SSSR count). The van der Waals surface area contributed by atoms with Gasteiger partial charge in [0.05, 0.1) is 37.6 Å². The number of hydrogen-bond donors (Lipinski definition) is 6. The summed E-state index contributed by atoms with van der Waals surface area (Å²) in [6, 6.07) is 8.56. The van der Waals surface area contributed by atoms with E-state index in [9.17, 15) is 33.0 Å². The van der Waals surface area contributed by atoms with Crippen molar-refractivity contribution in [2.24, 2.45) is 11.8 Å². The van der Waals surface area contributed by atoms with Crippen LogP contribution in [0.3, 0.4) is 0 Å². The second-order valence-electron chi connectivity index (χ2n) is 13.2. The molecule has 0 saturated carbocycles. The Balaban J connectivity index is 1.04. The third-order valence-corrected chi connectivity index (χ3v) is 10.2. The Morgan fingerprint density at radius 1 is 1.02 bits per heavy atom. The first-order chi connectivity index (χ1) is 25.8. The molecule has 54 heavy (non-hydrogen) atoms. The normalized spacial score (nSPS) is 24.4. The molecule has 5 aromatic rings. The van der Waals surface area contributed by atoms with Crippen molar-refractivity contribution in [2.75, 3.05) is 23.8 Å². The van der Waals surface area contributed by atoms with Gasteiger partial charge in [-0.3, -0.25) is 33.8 Å². The zero-order valence-electron chi connectivity index (χ0n) is 29.1. The molecule has 0 aliphatic carbocycles. The molecule has 286 valence electrons. The van der Waals surface area contributed by atoms with Crippen LogP contribution in [0.5, 0.6) is 0 Å². The predicted octanol–water partition coefficient (Wildman–Crippen LogP) is 0.200. The van der Waals surface area contributed by atoms with Crippen molar-refractivity contribution in [1.82, 2.24) is 43.8 Å². The van der Waals surface area contributed by atoms with Gasteiger partial charge in [-0.1, -0.05) is 39.0 Å². The van der Waals surface area contributed by atoms with Crippen LogP contribution in [0.4, 0.5) is 11.8 Å². The van der Waals surface area contributed by atoms with Crippen LogP contribution in [0.1, 0.15) is 50.0 Å². The molecule has 2 amide bonds. The van der Waals surface area contributed by atoms with Gasteiger partial charge in [-0.15, -0.1) is 0 Å². The van der Waals surface area contributed by atoms with Gasteiger partial charge in [-0.05, 0) is 12.1 Å². The molecule has 1 aromatic carbocycles. The van der Waals surface area contributed by atoms with Gasteiger partial charge in [0.15, 0.2) is 34.4 Å². The number of aromatic amines is 1. The fourth-order valence-corrected chi connectivity index (χ4v) is 7.21. The van der Waals surface area contributed by atoms with E-state index in [1.165, 1.54) is 23.5 Å². The molecule has 0 spiro atoms. The first kappa shape index (κ1) is 37.1. The molecule has 22 heteroatoms. The monoisotopic (exact) mass is 767 g/mol. The molecule has 6 N–H and O–H groups in total. The summed E-state index contributed by atoms with van der Waals surface area (Å²) in [6.07, 6.45) is -2.30. The zero-order chi connectivity index (χ0) is 38.3. The summed E-state index contributed by atoms with van der Waals surface area (Å²) in [5.41, 5.74) is 0.229. The third-order valence-electron chi connectivity index (χ3n) is 9.19. The number of ether oxygens (including phenoxy) is 2. The number of imidazole rings is 2. The predicted molar refractivity (Wildman–Crippen MR) is 188 cm³/mol. The molecule has 21 nitrogen and oxygen atoms in total. The molecule has 0 bridgehead atoms. The van der Waals surface area contributed by atoms with Crippen molar-refractivity contribution in [3.05, 3.63) is 65.2 Å². The number of anilines is 2. The Hall–Kier alpha value is -5.23. The average Bonchev–Trinajstić information content (AvgIpc) is 3.93. The van der Waals surface area contributed by atoms with E-state index in [0.717, 1.165) is 0 Å². The van der Waals surface area contributed by atoms with Crippen LogP contribution >= 0.6 is 0 Å². The number of benzene rings is 1. The van der Waals surface area contributed by atoms with Gasteiger partial charge in [0.2, 0.25) is 11.9 Å². The zero-order valence-corrected chi connectivity index (χ0v) is 29.9. The number of H-pyrrole nitrogens is 1. The lowest BCUT2D eigenvalue weighted by Crippen LogP contribution is -2.41. The number of rotatable bonds is 12. The summed E-state index contributed by atoms with van der Waals surface area (Å²) in [5, 5.41) is 26.1. The number of carbonyl (C=O) groups excluding carboxylic acids is 2. The summed E-state index contributed by atoms with van der Waals surface area (Å²) in [5.74, 6) is -1.87. The Morgan fingerprint density at radius 3 is 2.50 bits per heavy atom. The number of nitrogens with zero attached hydrogens (tertiary/aromatic N) is 7. The molecular formula is C32H37N11O10S. The molecule has 2 aliphatic rings. The van der Waals surface area contributed by atoms with Gasteiger partial charge in [-0.2, -0.15) is 18.1 Å². The topological polar surface area (TPSA) is 280 Å². The van der Waals surface area contributed by atoms with Crippen molar-refractivity contribution < 1.29 is 41.9 Å². The minimum atomic E-state index is -4.57. The lowest BCUT2D eigenvalue weighted by molar-refractivity contribution is -0.118. The van der Waals surface area contributed by atoms with E-state index in [4.69, 9.17) is 13.7 Å². The summed E-state index contributed by atoms with van der Waals surface area (Å²) >= 11 is 0. The largest absolute Gasteiger partial charge is 0.394 e. The van der Waals surface area contributed by atoms with Crippen LogP contribution in [0.25, 0.3) is 22.3 Å². The maximum absolute atomic E-state index is 13.4. The van der Waals surface area contributed by atoms with E-state index >= 15 is 0 Å². The van der Waals surface area contributed by atoms with Crippen molar-refractivity contribution in [1.29, 1.82) is 0 Å².